The van der Waals surface area contributed by atoms with Crippen LogP contribution < -0.4 is 10.1 Å². The number of carbonyl (C=O) groups excluding carboxylic acids is 4. The number of amides is 2. The molecule has 1 aliphatic heterocycles. The molecule has 1 aliphatic rings. The number of ketones is 1. The molecule has 0 saturated carbocycles. The molecule has 1 N–H and O–H groups in total. The second-order valence-electron chi connectivity index (χ2n) is 4.87. The lowest BCUT2D eigenvalue weighted by molar-refractivity contribution is -0.136. The third-order valence-corrected chi connectivity index (χ3v) is 3.23. The summed E-state index contributed by atoms with van der Waals surface area (Å²) in [5.41, 5.74) is 0.261. The first-order valence-electron chi connectivity index (χ1n) is 6.61. The first-order valence-corrected chi connectivity index (χ1v) is 6.61. The van der Waals surface area contributed by atoms with E-state index in [1.807, 2.05) is 0 Å². The highest BCUT2D eigenvalue weighted by molar-refractivity contribution is 6.04. The minimum Gasteiger partial charge on any atom is -0.426 e. The smallest absolute Gasteiger partial charge is 0.308 e. The van der Waals surface area contributed by atoms with Gasteiger partial charge in [0.05, 0.1) is 5.56 Å². The number of nitrogens with one attached hydrogen (secondary N) is 1. The van der Waals surface area contributed by atoms with Crippen LogP contribution in [0.2, 0.25) is 0 Å². The number of benzene rings is 1. The summed E-state index contributed by atoms with van der Waals surface area (Å²) in [6.07, 6.45) is 0.568. The lowest BCUT2D eigenvalue weighted by Crippen LogP contribution is -2.41. The number of para-hydroxylation sites is 1. The van der Waals surface area contributed by atoms with Gasteiger partial charge in [0.2, 0.25) is 11.8 Å². The van der Waals surface area contributed by atoms with Crippen LogP contribution in [0.3, 0.4) is 0 Å². The van der Waals surface area contributed by atoms with Gasteiger partial charge in [-0.25, -0.2) is 0 Å². The van der Waals surface area contributed by atoms with Gasteiger partial charge in [-0.2, -0.15) is 0 Å². The summed E-state index contributed by atoms with van der Waals surface area (Å²) in [5, 5.41) is 2.22. The summed E-state index contributed by atoms with van der Waals surface area (Å²) >= 11 is 0. The van der Waals surface area contributed by atoms with E-state index in [9.17, 15) is 19.2 Å². The van der Waals surface area contributed by atoms with Crippen LogP contribution in [0.25, 0.3) is 0 Å². The fourth-order valence-electron chi connectivity index (χ4n) is 2.21. The predicted molar refractivity (Wildman–Crippen MR) is 72.6 cm³/mol. The van der Waals surface area contributed by atoms with Crippen LogP contribution in [0.1, 0.15) is 36.5 Å². The zero-order valence-corrected chi connectivity index (χ0v) is 11.5. The topological polar surface area (TPSA) is 89.5 Å². The number of rotatable bonds is 4. The monoisotopic (exact) mass is 289 g/mol. The highest BCUT2D eigenvalue weighted by Crippen LogP contribution is 2.24. The van der Waals surface area contributed by atoms with E-state index in [-0.39, 0.29) is 35.8 Å². The Morgan fingerprint density at radius 1 is 1.29 bits per heavy atom. The highest BCUT2D eigenvalue weighted by atomic mass is 16.5. The van der Waals surface area contributed by atoms with Crippen LogP contribution in [-0.2, 0) is 14.4 Å². The summed E-state index contributed by atoms with van der Waals surface area (Å²) in [6.45, 7) is 1.25. The van der Waals surface area contributed by atoms with E-state index in [1.165, 1.54) is 13.0 Å². The maximum atomic E-state index is 12.3. The molecule has 110 valence electrons. The molecule has 1 saturated heterocycles. The highest BCUT2D eigenvalue weighted by Gasteiger charge is 2.29. The molecule has 2 amide bonds. The number of carbonyl (C=O) groups is 4. The van der Waals surface area contributed by atoms with Crippen LogP contribution in [-0.4, -0.2) is 23.6 Å². The molecule has 1 aromatic rings. The number of Topliss-reactive ketones (excluding diaryl/α,β-unsaturated/α-hetero) is 1. The van der Waals surface area contributed by atoms with E-state index in [0.29, 0.717) is 6.42 Å². The number of imide groups is 1. The van der Waals surface area contributed by atoms with E-state index >= 15 is 0 Å². The number of hydrogen-bond acceptors (Lipinski definition) is 5. The molecule has 6 nitrogen and oxygen atoms in total. The first-order chi connectivity index (χ1) is 9.97. The van der Waals surface area contributed by atoms with Crippen molar-refractivity contribution in [2.45, 2.75) is 26.2 Å². The van der Waals surface area contributed by atoms with E-state index in [1.54, 1.807) is 18.2 Å². The Kier molecular flexibility index (Phi) is 4.47. The van der Waals surface area contributed by atoms with Crippen molar-refractivity contribution in [2.24, 2.45) is 5.92 Å². The average Bonchev–Trinajstić information content (AvgIpc) is 2.42. The summed E-state index contributed by atoms with van der Waals surface area (Å²) in [5.74, 6) is -1.89. The number of esters is 1. The van der Waals surface area contributed by atoms with E-state index < -0.39 is 17.8 Å². The Hall–Kier alpha value is -2.50. The fourth-order valence-corrected chi connectivity index (χ4v) is 2.21. The molecule has 0 aromatic heterocycles. The summed E-state index contributed by atoms with van der Waals surface area (Å²) < 4.78 is 4.99. The molecule has 1 fully saturated rings. The SMILES string of the molecule is CC(=O)Oc1ccccc1C(=O)CC1CCC(=O)NC1=O. The van der Waals surface area contributed by atoms with Gasteiger partial charge in [-0.3, -0.25) is 24.5 Å². The Morgan fingerprint density at radius 3 is 2.67 bits per heavy atom. The van der Waals surface area contributed by atoms with E-state index in [2.05, 4.69) is 5.32 Å². The van der Waals surface area contributed by atoms with Gasteiger partial charge in [0.25, 0.3) is 0 Å². The van der Waals surface area contributed by atoms with Crippen LogP contribution in [0.4, 0.5) is 0 Å². The minimum absolute atomic E-state index is 0.0165. The number of hydrogen-bond donors (Lipinski definition) is 1. The van der Waals surface area contributed by atoms with Gasteiger partial charge in [0, 0.05) is 25.7 Å². The Balaban J connectivity index is 2.12. The lowest BCUT2D eigenvalue weighted by atomic mass is 9.90. The van der Waals surface area contributed by atoms with Gasteiger partial charge in [0.15, 0.2) is 5.78 Å². The Morgan fingerprint density at radius 2 is 2.00 bits per heavy atom. The second kappa shape index (κ2) is 6.30. The Bertz CT molecular complexity index is 608. The first kappa shape index (κ1) is 14.9. The van der Waals surface area contributed by atoms with E-state index in [4.69, 9.17) is 4.74 Å². The zero-order valence-electron chi connectivity index (χ0n) is 11.5. The van der Waals surface area contributed by atoms with Crippen molar-refractivity contribution < 1.29 is 23.9 Å². The van der Waals surface area contributed by atoms with Gasteiger partial charge in [-0.1, -0.05) is 12.1 Å². The van der Waals surface area contributed by atoms with Crippen LogP contribution in [0.15, 0.2) is 24.3 Å². The van der Waals surface area contributed by atoms with Gasteiger partial charge >= 0.3 is 5.97 Å². The maximum absolute atomic E-state index is 12.3. The molecule has 0 radical (unpaired) electrons. The quantitative estimate of drug-likeness (QED) is 0.390. The van der Waals surface area contributed by atoms with Crippen LogP contribution in [0, 0.1) is 5.92 Å². The summed E-state index contributed by atoms with van der Waals surface area (Å²) in [7, 11) is 0. The summed E-state index contributed by atoms with van der Waals surface area (Å²) in [6, 6.07) is 6.39. The van der Waals surface area contributed by atoms with Crippen molar-refractivity contribution in [1.82, 2.24) is 5.32 Å². The summed E-state index contributed by atoms with van der Waals surface area (Å²) in [4.78, 5) is 46.1. The molecular formula is C15H15NO5. The Labute approximate surface area is 121 Å². The van der Waals surface area contributed by atoms with Crippen molar-refractivity contribution in [2.75, 3.05) is 0 Å². The molecule has 1 heterocycles. The molecule has 2 rings (SSSR count). The van der Waals surface area contributed by atoms with Crippen LogP contribution in [0.5, 0.6) is 5.75 Å². The third-order valence-electron chi connectivity index (χ3n) is 3.23. The van der Waals surface area contributed by atoms with Gasteiger partial charge in [0.1, 0.15) is 5.75 Å². The molecule has 0 aliphatic carbocycles. The molecular weight excluding hydrogens is 274 g/mol. The van der Waals surface area contributed by atoms with Gasteiger partial charge < -0.3 is 4.74 Å². The predicted octanol–water partition coefficient (Wildman–Crippen LogP) is 1.24. The molecule has 1 atom stereocenters. The fraction of sp³-hybridized carbons (Fsp3) is 0.333. The molecule has 1 unspecified atom stereocenters. The third kappa shape index (κ3) is 3.75. The van der Waals surface area contributed by atoms with Crippen molar-refractivity contribution in [3.8, 4) is 5.75 Å². The zero-order chi connectivity index (χ0) is 15.4. The van der Waals surface area contributed by atoms with Crippen molar-refractivity contribution in [3.63, 3.8) is 0 Å². The van der Waals surface area contributed by atoms with Crippen molar-refractivity contribution in [3.05, 3.63) is 29.8 Å². The molecule has 1 aromatic carbocycles. The average molecular weight is 289 g/mol. The molecule has 6 heteroatoms. The molecule has 0 spiro atoms. The van der Waals surface area contributed by atoms with Gasteiger partial charge in [-0.15, -0.1) is 0 Å². The second-order valence-corrected chi connectivity index (χ2v) is 4.87. The maximum Gasteiger partial charge on any atom is 0.308 e. The molecule has 21 heavy (non-hydrogen) atoms. The molecule has 0 bridgehead atoms. The van der Waals surface area contributed by atoms with Crippen LogP contribution >= 0.6 is 0 Å². The largest absolute Gasteiger partial charge is 0.426 e. The van der Waals surface area contributed by atoms with Crippen molar-refractivity contribution in [1.29, 1.82) is 0 Å². The number of ether oxygens (including phenoxy) is 1. The van der Waals surface area contributed by atoms with E-state index in [0.717, 1.165) is 0 Å². The standard InChI is InChI=1S/C15H15NO5/c1-9(17)21-13-5-3-2-4-11(13)12(18)8-10-6-7-14(19)16-15(10)20/h2-5,10H,6-8H2,1H3,(H,16,19,20). The lowest BCUT2D eigenvalue weighted by Gasteiger charge is -2.20. The normalized spacial score (nSPS) is 18.0. The minimum atomic E-state index is -0.527. The van der Waals surface area contributed by atoms with Gasteiger partial charge in [-0.05, 0) is 18.6 Å². The number of piperidine rings is 1. The van der Waals surface area contributed by atoms with Crippen molar-refractivity contribution >= 4 is 23.6 Å².